The predicted octanol–water partition coefficient (Wildman–Crippen LogP) is 5.76. The van der Waals surface area contributed by atoms with Crippen molar-refractivity contribution in [1.82, 2.24) is 9.80 Å². The molecule has 1 saturated heterocycles. The summed E-state index contributed by atoms with van der Waals surface area (Å²) in [6.45, 7) is 7.74. The van der Waals surface area contributed by atoms with E-state index in [2.05, 4.69) is 5.32 Å². The highest BCUT2D eigenvalue weighted by molar-refractivity contribution is 6.30. The molecular weight excluding hydrogens is 402 g/mol. The molecule has 1 N–H and O–H groups in total. The van der Waals surface area contributed by atoms with Gasteiger partial charge in [-0.15, -0.1) is 0 Å². The highest BCUT2D eigenvalue weighted by Gasteiger charge is 2.32. The summed E-state index contributed by atoms with van der Waals surface area (Å²) in [5, 5.41) is 3.68. The minimum atomic E-state index is -0.479. The largest absolute Gasteiger partial charge is 0.444 e. The summed E-state index contributed by atoms with van der Waals surface area (Å²) in [6.07, 6.45) is 6.00. The minimum Gasteiger partial charge on any atom is -0.444 e. The van der Waals surface area contributed by atoms with Gasteiger partial charge in [-0.3, -0.25) is 0 Å². The van der Waals surface area contributed by atoms with Crippen molar-refractivity contribution in [3.63, 3.8) is 0 Å². The second-order valence-electron chi connectivity index (χ2n) is 9.44. The number of nitrogens with zero attached hydrogens (tertiary/aromatic N) is 2. The molecule has 0 unspecified atom stereocenters. The van der Waals surface area contributed by atoms with Crippen LogP contribution in [-0.4, -0.2) is 53.2 Å². The lowest BCUT2D eigenvalue weighted by Gasteiger charge is -2.37. The Bertz CT molecular complexity index is 718. The summed E-state index contributed by atoms with van der Waals surface area (Å²) in [5.74, 6) is 0.389. The monoisotopic (exact) mass is 435 g/mol. The summed E-state index contributed by atoms with van der Waals surface area (Å²) >= 11 is 5.95. The van der Waals surface area contributed by atoms with E-state index in [1.54, 1.807) is 17.0 Å². The van der Waals surface area contributed by atoms with Gasteiger partial charge >= 0.3 is 12.1 Å². The Balaban J connectivity index is 1.57. The number of likely N-dealkylation sites (tertiary alicyclic amines) is 1. The second kappa shape index (κ2) is 9.90. The molecule has 1 aliphatic carbocycles. The molecular formula is C23H34ClN3O3. The van der Waals surface area contributed by atoms with Gasteiger partial charge in [0.1, 0.15) is 5.60 Å². The molecule has 7 heteroatoms. The number of carbonyl (C=O) groups excluding carboxylic acids is 2. The Morgan fingerprint density at radius 2 is 1.70 bits per heavy atom. The molecule has 0 bridgehead atoms. The van der Waals surface area contributed by atoms with Crippen molar-refractivity contribution in [3.05, 3.63) is 29.3 Å². The number of carbonyl (C=O) groups is 2. The average molecular weight is 436 g/mol. The molecule has 6 nitrogen and oxygen atoms in total. The molecule has 0 atom stereocenters. The molecule has 1 aliphatic heterocycles. The zero-order valence-electron chi connectivity index (χ0n) is 18.3. The van der Waals surface area contributed by atoms with Gasteiger partial charge in [0, 0.05) is 36.4 Å². The van der Waals surface area contributed by atoms with E-state index >= 15 is 0 Å². The van der Waals surface area contributed by atoms with E-state index in [1.807, 2.05) is 37.8 Å². The van der Waals surface area contributed by atoms with Crippen molar-refractivity contribution in [1.29, 1.82) is 0 Å². The number of urea groups is 1. The van der Waals surface area contributed by atoms with Gasteiger partial charge in [-0.25, -0.2) is 9.59 Å². The van der Waals surface area contributed by atoms with Crippen molar-refractivity contribution in [2.75, 3.05) is 25.0 Å². The quantitative estimate of drug-likeness (QED) is 0.653. The molecule has 0 spiro atoms. The van der Waals surface area contributed by atoms with Crippen molar-refractivity contribution in [2.45, 2.75) is 70.9 Å². The molecule has 0 aromatic heterocycles. The third-order valence-electron chi connectivity index (χ3n) is 5.84. The van der Waals surface area contributed by atoms with Gasteiger partial charge in [0.25, 0.3) is 0 Å². The fourth-order valence-corrected chi connectivity index (χ4v) is 4.37. The zero-order chi connectivity index (χ0) is 21.7. The first-order valence-corrected chi connectivity index (χ1v) is 11.4. The van der Waals surface area contributed by atoms with Crippen LogP contribution in [0.3, 0.4) is 0 Å². The lowest BCUT2D eigenvalue weighted by molar-refractivity contribution is 0.0170. The van der Waals surface area contributed by atoms with Crippen LogP contribution in [0.4, 0.5) is 15.3 Å². The Labute approximate surface area is 184 Å². The smallest absolute Gasteiger partial charge is 0.410 e. The normalized spacial score (nSPS) is 18.3. The number of halogens is 1. The number of rotatable bonds is 4. The van der Waals surface area contributed by atoms with Crippen LogP contribution in [0.25, 0.3) is 0 Å². The van der Waals surface area contributed by atoms with E-state index < -0.39 is 5.60 Å². The average Bonchev–Trinajstić information content (AvgIpc) is 3.21. The number of hydrogen-bond donors (Lipinski definition) is 1. The highest BCUT2D eigenvalue weighted by atomic mass is 35.5. The number of anilines is 1. The summed E-state index contributed by atoms with van der Waals surface area (Å²) in [6, 6.07) is 7.46. The third-order valence-corrected chi connectivity index (χ3v) is 6.09. The second-order valence-corrected chi connectivity index (χ2v) is 9.87. The Morgan fingerprint density at radius 1 is 1.10 bits per heavy atom. The fourth-order valence-electron chi connectivity index (χ4n) is 4.25. The standard InChI is InChI=1S/C23H34ClN3O3/c1-23(2,3)30-22(29)26-14-12-17(13-15-26)16-27(20-6-4-5-7-20)21(28)25-19-10-8-18(24)9-11-19/h8-11,17,20H,4-7,12-16H2,1-3H3,(H,25,28). The van der Waals surface area contributed by atoms with Crippen LogP contribution < -0.4 is 5.32 Å². The molecule has 3 amide bonds. The molecule has 0 radical (unpaired) electrons. The molecule has 2 aliphatic rings. The van der Waals surface area contributed by atoms with Crippen molar-refractivity contribution >= 4 is 29.4 Å². The molecule has 3 rings (SSSR count). The van der Waals surface area contributed by atoms with Gasteiger partial charge in [0.05, 0.1) is 0 Å². The molecule has 1 aromatic rings. The zero-order valence-corrected chi connectivity index (χ0v) is 19.1. The number of piperidine rings is 1. The van der Waals surface area contributed by atoms with E-state index in [4.69, 9.17) is 16.3 Å². The van der Waals surface area contributed by atoms with Crippen LogP contribution in [0.2, 0.25) is 5.02 Å². The predicted molar refractivity (Wildman–Crippen MR) is 120 cm³/mol. The highest BCUT2D eigenvalue weighted by Crippen LogP contribution is 2.28. The van der Waals surface area contributed by atoms with Gasteiger partial charge in [-0.1, -0.05) is 24.4 Å². The summed E-state index contributed by atoms with van der Waals surface area (Å²) in [5.41, 5.74) is 0.277. The number of benzene rings is 1. The third kappa shape index (κ3) is 6.53. The van der Waals surface area contributed by atoms with Crippen LogP contribution in [0.1, 0.15) is 59.3 Å². The van der Waals surface area contributed by atoms with Gasteiger partial charge in [0.2, 0.25) is 0 Å². The lowest BCUT2D eigenvalue weighted by atomic mass is 9.95. The topological polar surface area (TPSA) is 61.9 Å². The van der Waals surface area contributed by atoms with Crippen LogP contribution in [0, 0.1) is 5.92 Å². The van der Waals surface area contributed by atoms with Gasteiger partial charge in [-0.2, -0.15) is 0 Å². The van der Waals surface area contributed by atoms with E-state index in [0.717, 1.165) is 37.9 Å². The van der Waals surface area contributed by atoms with Crippen molar-refractivity contribution in [2.24, 2.45) is 5.92 Å². The van der Waals surface area contributed by atoms with Gasteiger partial charge in [-0.05, 0) is 76.6 Å². The first-order valence-electron chi connectivity index (χ1n) is 11.0. The maximum absolute atomic E-state index is 13.1. The van der Waals surface area contributed by atoms with E-state index in [0.29, 0.717) is 30.1 Å². The Kier molecular flexibility index (Phi) is 7.50. The van der Waals surface area contributed by atoms with Crippen LogP contribution in [-0.2, 0) is 4.74 Å². The molecule has 1 aromatic carbocycles. The molecule has 2 fully saturated rings. The van der Waals surface area contributed by atoms with Crippen molar-refractivity contribution < 1.29 is 14.3 Å². The minimum absolute atomic E-state index is 0.0428. The van der Waals surface area contributed by atoms with E-state index in [-0.39, 0.29) is 12.1 Å². The number of ether oxygens (including phenoxy) is 1. The lowest BCUT2D eigenvalue weighted by Crippen LogP contribution is -2.47. The summed E-state index contributed by atoms with van der Waals surface area (Å²) < 4.78 is 5.49. The molecule has 1 heterocycles. The SMILES string of the molecule is CC(C)(C)OC(=O)N1CCC(CN(C(=O)Nc2ccc(Cl)cc2)C2CCCC2)CC1. The molecule has 30 heavy (non-hydrogen) atoms. The van der Waals surface area contributed by atoms with Crippen LogP contribution in [0.15, 0.2) is 24.3 Å². The number of amides is 3. The van der Waals surface area contributed by atoms with Crippen LogP contribution in [0.5, 0.6) is 0 Å². The number of hydrogen-bond acceptors (Lipinski definition) is 3. The number of nitrogens with one attached hydrogen (secondary N) is 1. The van der Waals surface area contributed by atoms with Gasteiger partial charge < -0.3 is 19.9 Å². The molecule has 1 saturated carbocycles. The first-order chi connectivity index (χ1) is 14.2. The maximum Gasteiger partial charge on any atom is 0.410 e. The Morgan fingerprint density at radius 3 is 2.27 bits per heavy atom. The Hall–Kier alpha value is -1.95. The van der Waals surface area contributed by atoms with Crippen molar-refractivity contribution in [3.8, 4) is 0 Å². The van der Waals surface area contributed by atoms with E-state index in [1.165, 1.54) is 12.8 Å². The van der Waals surface area contributed by atoms with E-state index in [9.17, 15) is 9.59 Å². The fraction of sp³-hybridized carbons (Fsp3) is 0.652. The van der Waals surface area contributed by atoms with Gasteiger partial charge in [0.15, 0.2) is 0 Å². The van der Waals surface area contributed by atoms with Crippen LogP contribution >= 0.6 is 11.6 Å². The summed E-state index contributed by atoms with van der Waals surface area (Å²) in [4.78, 5) is 29.2. The maximum atomic E-state index is 13.1. The summed E-state index contributed by atoms with van der Waals surface area (Å²) in [7, 11) is 0. The first kappa shape index (κ1) is 22.7. The molecule has 166 valence electrons.